The number of carbonyl (C=O) groups excluding carboxylic acids is 1. The van der Waals surface area contributed by atoms with Crippen LogP contribution in [0.5, 0.6) is 0 Å². The molecule has 0 radical (unpaired) electrons. The van der Waals surface area contributed by atoms with E-state index in [0.717, 1.165) is 67.8 Å². The van der Waals surface area contributed by atoms with Crippen molar-refractivity contribution in [2.75, 3.05) is 23.9 Å². The van der Waals surface area contributed by atoms with Crippen LogP contribution in [-0.4, -0.2) is 47.4 Å². The maximum Gasteiger partial charge on any atom is 0.326 e. The van der Waals surface area contributed by atoms with Gasteiger partial charge >= 0.3 is 5.97 Å². The molecule has 3 aliphatic carbocycles. The highest BCUT2D eigenvalue weighted by atomic mass is 32.1. The van der Waals surface area contributed by atoms with Gasteiger partial charge in [-0.25, -0.2) is 9.78 Å². The first kappa shape index (κ1) is 31.1. The summed E-state index contributed by atoms with van der Waals surface area (Å²) in [6.07, 6.45) is 9.86. The van der Waals surface area contributed by atoms with Crippen LogP contribution in [0.3, 0.4) is 0 Å². The summed E-state index contributed by atoms with van der Waals surface area (Å²) in [7, 11) is 1.64. The zero-order chi connectivity index (χ0) is 31.4. The number of nitrogens with one attached hydrogen (secondary N) is 1. The molecule has 6 atom stereocenters. The Bertz CT molecular complexity index is 1460. The zero-order valence-corrected chi connectivity index (χ0v) is 27.9. The molecule has 1 saturated heterocycles. The second-order valence-electron chi connectivity index (χ2n) is 14.8. The number of carboxylic acids is 1. The Hall–Kier alpha value is -2.94. The standard InChI is InChI=1S/C35H48N4O4S/c1-20-19-36-33(44-20)37-30(40)12-10-22-17-29(38-43-6)35(5)14-13-23-24(31(22)35)11-9-21-16-28(26(18-25(21)23)34(2,3)4)39-15-7-8-27(39)32(41)42/h16,18-19,22-24,27,31H,7-15,17H2,1-6H3,(H,41,42)(H,36,37,40)/b38-29+/t22-,23?,24?,27+,31?,35-/m1/s1. The van der Waals surface area contributed by atoms with E-state index in [-0.39, 0.29) is 16.7 Å². The number of aromatic nitrogens is 1. The first-order valence-corrected chi connectivity index (χ1v) is 17.2. The summed E-state index contributed by atoms with van der Waals surface area (Å²) < 4.78 is 0. The molecule has 2 N–H and O–H groups in total. The molecule has 0 bridgehead atoms. The van der Waals surface area contributed by atoms with Crippen molar-refractivity contribution in [3.8, 4) is 0 Å². The smallest absolute Gasteiger partial charge is 0.326 e. The lowest BCUT2D eigenvalue weighted by molar-refractivity contribution is -0.138. The molecule has 44 heavy (non-hydrogen) atoms. The third kappa shape index (κ3) is 5.54. The molecule has 9 heteroatoms. The van der Waals surface area contributed by atoms with E-state index in [1.54, 1.807) is 13.3 Å². The first-order valence-electron chi connectivity index (χ1n) is 16.4. The van der Waals surface area contributed by atoms with Gasteiger partial charge in [0.15, 0.2) is 5.13 Å². The number of carbonyl (C=O) groups is 2. The van der Waals surface area contributed by atoms with E-state index >= 15 is 0 Å². The van der Waals surface area contributed by atoms with Crippen LogP contribution in [0.25, 0.3) is 0 Å². The number of rotatable bonds is 7. The number of benzene rings is 1. The lowest BCUT2D eigenvalue weighted by atomic mass is 9.53. The Kier molecular flexibility index (Phi) is 8.31. The molecular formula is C35H48N4O4S. The van der Waals surface area contributed by atoms with E-state index in [2.05, 4.69) is 60.2 Å². The number of aliphatic carboxylic acids is 1. The van der Waals surface area contributed by atoms with Crippen LogP contribution in [0.1, 0.15) is 107 Å². The number of anilines is 2. The molecule has 6 rings (SSSR count). The summed E-state index contributed by atoms with van der Waals surface area (Å²) in [6, 6.07) is 4.37. The Labute approximate surface area is 265 Å². The van der Waals surface area contributed by atoms with Crippen LogP contribution in [0.15, 0.2) is 23.5 Å². The van der Waals surface area contributed by atoms with E-state index < -0.39 is 12.0 Å². The normalized spacial score (nSPS) is 30.5. The van der Waals surface area contributed by atoms with Gasteiger partial charge < -0.3 is 20.2 Å². The minimum Gasteiger partial charge on any atom is -0.480 e. The lowest BCUT2D eigenvalue weighted by Crippen LogP contribution is -2.44. The highest BCUT2D eigenvalue weighted by molar-refractivity contribution is 7.15. The van der Waals surface area contributed by atoms with Crippen LogP contribution in [-0.2, 0) is 26.3 Å². The Morgan fingerprint density at radius 1 is 1.25 bits per heavy atom. The van der Waals surface area contributed by atoms with Crippen molar-refractivity contribution in [2.24, 2.45) is 28.3 Å². The quantitative estimate of drug-likeness (QED) is 0.315. The summed E-state index contributed by atoms with van der Waals surface area (Å²) in [4.78, 5) is 38.1. The van der Waals surface area contributed by atoms with Gasteiger partial charge in [-0.1, -0.05) is 38.9 Å². The third-order valence-electron chi connectivity index (χ3n) is 11.2. The van der Waals surface area contributed by atoms with Gasteiger partial charge in [-0.05, 0) is 110 Å². The number of nitrogens with zero attached hydrogens (tertiary/aromatic N) is 3. The van der Waals surface area contributed by atoms with Crippen LogP contribution in [0.4, 0.5) is 10.8 Å². The van der Waals surface area contributed by atoms with Crippen molar-refractivity contribution in [1.82, 2.24) is 4.98 Å². The highest BCUT2D eigenvalue weighted by Crippen LogP contribution is 2.63. The average Bonchev–Trinajstić information content (AvgIpc) is 3.68. The number of oxime groups is 1. The van der Waals surface area contributed by atoms with E-state index in [1.165, 1.54) is 28.0 Å². The minimum atomic E-state index is -0.719. The summed E-state index contributed by atoms with van der Waals surface area (Å²) in [5, 5.41) is 18.3. The molecule has 3 fully saturated rings. The summed E-state index contributed by atoms with van der Waals surface area (Å²) >= 11 is 1.51. The van der Waals surface area contributed by atoms with Crippen molar-refractivity contribution in [1.29, 1.82) is 0 Å². The highest BCUT2D eigenvalue weighted by Gasteiger charge is 2.58. The molecule has 238 valence electrons. The second kappa shape index (κ2) is 11.8. The van der Waals surface area contributed by atoms with Crippen LogP contribution < -0.4 is 10.2 Å². The predicted octanol–water partition coefficient (Wildman–Crippen LogP) is 7.31. The molecule has 4 aliphatic rings. The van der Waals surface area contributed by atoms with Gasteiger partial charge in [0.05, 0.1) is 5.71 Å². The fourth-order valence-corrected chi connectivity index (χ4v) is 9.95. The molecule has 2 aromatic rings. The molecule has 1 aromatic heterocycles. The zero-order valence-electron chi connectivity index (χ0n) is 27.1. The van der Waals surface area contributed by atoms with Gasteiger partial charge in [0, 0.05) is 35.1 Å². The molecule has 8 nitrogen and oxygen atoms in total. The van der Waals surface area contributed by atoms with Gasteiger partial charge in [-0.15, -0.1) is 11.3 Å². The number of carboxylic acid groups (broad SMARTS) is 1. The van der Waals surface area contributed by atoms with Gasteiger partial charge in [-0.3, -0.25) is 4.79 Å². The minimum absolute atomic E-state index is 0.0285. The van der Waals surface area contributed by atoms with Crippen molar-refractivity contribution < 1.29 is 19.5 Å². The third-order valence-corrected chi connectivity index (χ3v) is 12.0. The second-order valence-corrected chi connectivity index (χ2v) is 16.1. The van der Waals surface area contributed by atoms with E-state index in [4.69, 9.17) is 4.84 Å². The molecule has 1 aliphatic heterocycles. The predicted molar refractivity (Wildman–Crippen MR) is 176 cm³/mol. The van der Waals surface area contributed by atoms with Crippen LogP contribution in [0.2, 0.25) is 0 Å². The van der Waals surface area contributed by atoms with Crippen molar-refractivity contribution >= 4 is 39.7 Å². The molecule has 0 spiro atoms. The summed E-state index contributed by atoms with van der Waals surface area (Å²) in [5.41, 5.74) is 6.27. The van der Waals surface area contributed by atoms with E-state index in [1.807, 2.05) is 6.92 Å². The Morgan fingerprint density at radius 2 is 2.05 bits per heavy atom. The largest absolute Gasteiger partial charge is 0.480 e. The topological polar surface area (TPSA) is 104 Å². The summed E-state index contributed by atoms with van der Waals surface area (Å²) in [6.45, 7) is 11.9. The Morgan fingerprint density at radius 3 is 2.73 bits per heavy atom. The lowest BCUT2D eigenvalue weighted by Gasteiger charge is -2.51. The van der Waals surface area contributed by atoms with Crippen molar-refractivity contribution in [2.45, 2.75) is 110 Å². The molecule has 2 saturated carbocycles. The fraction of sp³-hybridized carbons (Fsp3) is 0.657. The number of fused-ring (bicyclic) bond motifs is 5. The van der Waals surface area contributed by atoms with Crippen molar-refractivity contribution in [3.05, 3.63) is 39.9 Å². The van der Waals surface area contributed by atoms with E-state index in [0.29, 0.717) is 41.6 Å². The molecular weight excluding hydrogens is 572 g/mol. The van der Waals surface area contributed by atoms with E-state index in [9.17, 15) is 14.7 Å². The SMILES string of the molecule is CO/N=C1\C[C@@H](CCC(=O)Nc2ncc(C)s2)C2C3CCc4cc(N5CCC[C@H]5C(=O)O)c(C(C)(C)C)cc4C3CC[C@]12C. The molecule has 1 aromatic carbocycles. The van der Waals surface area contributed by atoms with Crippen LogP contribution >= 0.6 is 11.3 Å². The fourth-order valence-electron chi connectivity index (χ4n) is 9.27. The monoisotopic (exact) mass is 620 g/mol. The number of aryl methyl sites for hydroxylation is 2. The molecule has 2 heterocycles. The summed E-state index contributed by atoms with van der Waals surface area (Å²) in [5.74, 6) is 1.08. The number of hydrogen-bond donors (Lipinski definition) is 2. The van der Waals surface area contributed by atoms with Gasteiger partial charge in [0.1, 0.15) is 13.2 Å². The van der Waals surface area contributed by atoms with Gasteiger partial charge in [0.2, 0.25) is 5.91 Å². The number of thiazole rings is 1. The molecule has 1 amide bonds. The Balaban J connectivity index is 1.30. The maximum atomic E-state index is 13.0. The van der Waals surface area contributed by atoms with Crippen LogP contribution in [0, 0.1) is 30.1 Å². The first-order chi connectivity index (χ1) is 20.9. The number of amides is 1. The number of hydrogen-bond acceptors (Lipinski definition) is 7. The van der Waals surface area contributed by atoms with Crippen molar-refractivity contribution in [3.63, 3.8) is 0 Å². The van der Waals surface area contributed by atoms with Gasteiger partial charge in [0.25, 0.3) is 0 Å². The maximum absolute atomic E-state index is 13.0. The van der Waals surface area contributed by atoms with Gasteiger partial charge in [-0.2, -0.15) is 0 Å². The average molecular weight is 621 g/mol. The molecule has 3 unspecified atom stereocenters.